The second-order valence-electron chi connectivity index (χ2n) is 6.55. The summed E-state index contributed by atoms with van der Waals surface area (Å²) in [6.07, 6.45) is 4.12. The van der Waals surface area contributed by atoms with Gasteiger partial charge in [-0.3, -0.25) is 9.48 Å². The number of ether oxygens (including phenoxy) is 2. The lowest BCUT2D eigenvalue weighted by molar-refractivity contribution is 0.0950. The van der Waals surface area contributed by atoms with Crippen molar-refractivity contribution in [1.82, 2.24) is 15.1 Å². The minimum absolute atomic E-state index is 0.192. The number of amides is 1. The second-order valence-corrected chi connectivity index (χ2v) is 6.96. The largest absolute Gasteiger partial charge is 0.489 e. The quantitative estimate of drug-likeness (QED) is 0.713. The fourth-order valence-electron chi connectivity index (χ4n) is 3.01. The van der Waals surface area contributed by atoms with Crippen molar-refractivity contribution >= 4 is 17.5 Å². The number of carbonyl (C=O) groups is 1. The van der Waals surface area contributed by atoms with E-state index in [2.05, 4.69) is 10.4 Å². The summed E-state index contributed by atoms with van der Waals surface area (Å²) >= 11 is 6.30. The molecular weight excluding hydrogens is 378 g/mol. The topological polar surface area (TPSA) is 65.4 Å². The molecule has 4 rings (SSSR count). The standard InChI is InChI=1S/C21H20ClN3O3/c22-18-9-16(10-19-20(18)28-8-4-7-27-19)11-23-21(26)17-12-24-25(14-17)13-15-5-2-1-3-6-15/h1-3,5-6,9-10,12,14H,4,7-8,11,13H2,(H,23,26). The van der Waals surface area contributed by atoms with E-state index in [0.29, 0.717) is 48.4 Å². The Morgan fingerprint density at radius 1 is 1.14 bits per heavy atom. The molecule has 2 heterocycles. The molecule has 0 aliphatic carbocycles. The zero-order valence-electron chi connectivity index (χ0n) is 15.2. The van der Waals surface area contributed by atoms with Gasteiger partial charge in [0.1, 0.15) is 0 Å². The molecular formula is C21H20ClN3O3. The van der Waals surface area contributed by atoms with Crippen LogP contribution in [0.3, 0.4) is 0 Å². The van der Waals surface area contributed by atoms with Crippen LogP contribution in [0, 0.1) is 0 Å². The van der Waals surface area contributed by atoms with Gasteiger partial charge in [0.25, 0.3) is 5.91 Å². The third-order valence-corrected chi connectivity index (χ3v) is 4.68. The molecule has 7 heteroatoms. The monoisotopic (exact) mass is 397 g/mol. The van der Waals surface area contributed by atoms with E-state index in [-0.39, 0.29) is 5.91 Å². The zero-order chi connectivity index (χ0) is 19.3. The van der Waals surface area contributed by atoms with E-state index in [1.54, 1.807) is 23.1 Å². The van der Waals surface area contributed by atoms with Gasteiger partial charge in [0.05, 0.1) is 36.5 Å². The SMILES string of the molecule is O=C(NCc1cc(Cl)c2c(c1)OCCCO2)c1cnn(Cc2ccccc2)c1. The Balaban J connectivity index is 1.39. The van der Waals surface area contributed by atoms with Crippen molar-refractivity contribution in [3.63, 3.8) is 0 Å². The van der Waals surface area contributed by atoms with Crippen LogP contribution in [-0.2, 0) is 13.1 Å². The van der Waals surface area contributed by atoms with Crippen LogP contribution in [0.4, 0.5) is 0 Å². The Hall–Kier alpha value is -2.99. The minimum atomic E-state index is -0.192. The Morgan fingerprint density at radius 2 is 1.96 bits per heavy atom. The Labute approximate surface area is 168 Å². The van der Waals surface area contributed by atoms with Gasteiger partial charge in [-0.05, 0) is 23.3 Å². The van der Waals surface area contributed by atoms with E-state index in [9.17, 15) is 4.79 Å². The maximum absolute atomic E-state index is 12.5. The van der Waals surface area contributed by atoms with Crippen molar-refractivity contribution in [2.45, 2.75) is 19.5 Å². The van der Waals surface area contributed by atoms with Crippen LogP contribution in [0.25, 0.3) is 0 Å². The fraction of sp³-hybridized carbons (Fsp3) is 0.238. The molecule has 0 fully saturated rings. The molecule has 28 heavy (non-hydrogen) atoms. The number of halogens is 1. The van der Waals surface area contributed by atoms with Gasteiger partial charge < -0.3 is 14.8 Å². The fourth-order valence-corrected chi connectivity index (χ4v) is 3.30. The second kappa shape index (κ2) is 8.35. The molecule has 2 aromatic carbocycles. The average molecular weight is 398 g/mol. The Morgan fingerprint density at radius 3 is 2.82 bits per heavy atom. The number of nitrogens with one attached hydrogen (secondary N) is 1. The molecule has 3 aromatic rings. The highest BCUT2D eigenvalue weighted by Gasteiger charge is 2.16. The summed E-state index contributed by atoms with van der Waals surface area (Å²) < 4.78 is 13.1. The highest BCUT2D eigenvalue weighted by Crippen LogP contribution is 2.37. The maximum atomic E-state index is 12.5. The number of nitrogens with zero attached hydrogens (tertiary/aromatic N) is 2. The molecule has 1 N–H and O–H groups in total. The van der Waals surface area contributed by atoms with Gasteiger partial charge in [-0.25, -0.2) is 0 Å². The molecule has 0 unspecified atom stereocenters. The smallest absolute Gasteiger partial charge is 0.254 e. The number of aromatic nitrogens is 2. The molecule has 0 bridgehead atoms. The van der Waals surface area contributed by atoms with Crippen LogP contribution in [-0.4, -0.2) is 28.9 Å². The summed E-state index contributed by atoms with van der Waals surface area (Å²) in [5.74, 6) is 0.990. The maximum Gasteiger partial charge on any atom is 0.254 e. The summed E-state index contributed by atoms with van der Waals surface area (Å²) in [5, 5.41) is 7.65. The molecule has 0 saturated carbocycles. The normalized spacial score (nSPS) is 13.0. The predicted octanol–water partition coefficient (Wildman–Crippen LogP) is 3.68. The number of rotatable bonds is 5. The Kier molecular flexibility index (Phi) is 5.48. The first-order chi connectivity index (χ1) is 13.7. The molecule has 144 valence electrons. The van der Waals surface area contributed by atoms with E-state index in [4.69, 9.17) is 21.1 Å². The summed E-state index contributed by atoms with van der Waals surface area (Å²) in [4.78, 5) is 12.5. The van der Waals surface area contributed by atoms with Crippen molar-refractivity contribution in [2.75, 3.05) is 13.2 Å². The third kappa shape index (κ3) is 4.28. The summed E-state index contributed by atoms with van der Waals surface area (Å²) in [5.41, 5.74) is 2.48. The molecule has 1 amide bonds. The van der Waals surface area contributed by atoms with E-state index < -0.39 is 0 Å². The molecule has 0 radical (unpaired) electrons. The minimum Gasteiger partial charge on any atom is -0.489 e. The number of hydrogen-bond donors (Lipinski definition) is 1. The predicted molar refractivity (Wildman–Crippen MR) is 106 cm³/mol. The zero-order valence-corrected chi connectivity index (χ0v) is 16.0. The van der Waals surface area contributed by atoms with Gasteiger partial charge in [0.2, 0.25) is 0 Å². The van der Waals surface area contributed by atoms with E-state index >= 15 is 0 Å². The van der Waals surface area contributed by atoms with Crippen LogP contribution in [0.5, 0.6) is 11.5 Å². The summed E-state index contributed by atoms with van der Waals surface area (Å²) in [6, 6.07) is 13.6. The first-order valence-electron chi connectivity index (χ1n) is 9.11. The number of carbonyl (C=O) groups excluding carboxylic acids is 1. The molecule has 1 aliphatic rings. The average Bonchev–Trinajstić information content (AvgIpc) is 3.03. The highest BCUT2D eigenvalue weighted by atomic mass is 35.5. The van der Waals surface area contributed by atoms with Crippen LogP contribution in [0.2, 0.25) is 5.02 Å². The molecule has 0 spiro atoms. The Bertz CT molecular complexity index is 972. The first kappa shape index (κ1) is 18.4. The van der Waals surface area contributed by atoms with Crippen LogP contribution >= 0.6 is 11.6 Å². The third-order valence-electron chi connectivity index (χ3n) is 4.40. The van der Waals surface area contributed by atoms with E-state index in [0.717, 1.165) is 17.5 Å². The van der Waals surface area contributed by atoms with Gasteiger partial charge >= 0.3 is 0 Å². The van der Waals surface area contributed by atoms with Crippen molar-refractivity contribution < 1.29 is 14.3 Å². The van der Waals surface area contributed by atoms with Crippen LogP contribution in [0.15, 0.2) is 54.9 Å². The summed E-state index contributed by atoms with van der Waals surface area (Å²) in [6.45, 7) is 2.11. The van der Waals surface area contributed by atoms with Gasteiger partial charge in [0.15, 0.2) is 11.5 Å². The highest BCUT2D eigenvalue weighted by molar-refractivity contribution is 6.32. The van der Waals surface area contributed by atoms with Crippen molar-refractivity contribution in [3.05, 3.63) is 76.6 Å². The molecule has 0 atom stereocenters. The summed E-state index contributed by atoms with van der Waals surface area (Å²) in [7, 11) is 0. The van der Waals surface area contributed by atoms with Crippen LogP contribution in [0.1, 0.15) is 27.9 Å². The lowest BCUT2D eigenvalue weighted by Gasteiger charge is -2.12. The van der Waals surface area contributed by atoms with Crippen molar-refractivity contribution in [1.29, 1.82) is 0 Å². The molecule has 6 nitrogen and oxygen atoms in total. The van der Waals surface area contributed by atoms with E-state index in [1.165, 1.54) is 0 Å². The molecule has 1 aromatic heterocycles. The lowest BCUT2D eigenvalue weighted by atomic mass is 10.2. The number of hydrogen-bond acceptors (Lipinski definition) is 4. The first-order valence-corrected chi connectivity index (χ1v) is 9.49. The van der Waals surface area contributed by atoms with Gasteiger partial charge in [-0.15, -0.1) is 0 Å². The molecule has 0 saturated heterocycles. The van der Waals surface area contributed by atoms with Crippen molar-refractivity contribution in [3.8, 4) is 11.5 Å². The number of benzene rings is 2. The lowest BCUT2D eigenvalue weighted by Crippen LogP contribution is -2.22. The van der Waals surface area contributed by atoms with Crippen LogP contribution < -0.4 is 14.8 Å². The molecule has 1 aliphatic heterocycles. The van der Waals surface area contributed by atoms with Gasteiger partial charge in [0, 0.05) is 19.2 Å². The van der Waals surface area contributed by atoms with Gasteiger partial charge in [-0.2, -0.15) is 5.10 Å². The van der Waals surface area contributed by atoms with E-state index in [1.807, 2.05) is 36.4 Å². The van der Waals surface area contributed by atoms with Crippen molar-refractivity contribution in [2.24, 2.45) is 0 Å². The number of fused-ring (bicyclic) bond motifs is 1. The van der Waals surface area contributed by atoms with Gasteiger partial charge in [-0.1, -0.05) is 41.9 Å².